The fourth-order valence-electron chi connectivity index (χ4n) is 1.69. The average molecular weight is 348 g/mol. The molecule has 0 radical (unpaired) electrons. The predicted octanol–water partition coefficient (Wildman–Crippen LogP) is -4.71. The number of rotatable bonds is 2. The third kappa shape index (κ3) is 5.28. The van der Waals surface area contributed by atoms with Gasteiger partial charge in [-0.1, -0.05) is 31.7 Å². The minimum absolute atomic E-state index is 0. The molecule has 104 valence electrons. The zero-order valence-electron chi connectivity index (χ0n) is 10.7. The molecule has 0 aromatic heterocycles. The topological polar surface area (TPSA) is 114 Å². The smallest absolute Gasteiger partial charge is 0.744 e. The molecular formula is C11H10Na2O6S2. The summed E-state index contributed by atoms with van der Waals surface area (Å²) < 4.78 is 66.1. The van der Waals surface area contributed by atoms with Crippen LogP contribution in [-0.2, 0) is 20.2 Å². The molecule has 0 bridgehead atoms. The second-order valence-electron chi connectivity index (χ2n) is 3.52. The second kappa shape index (κ2) is 8.39. The summed E-state index contributed by atoms with van der Waals surface area (Å²) in [6, 6.07) is 7.09. The van der Waals surface area contributed by atoms with Crippen LogP contribution >= 0.6 is 0 Å². The van der Waals surface area contributed by atoms with Crippen LogP contribution in [0.15, 0.2) is 46.2 Å². The molecule has 2 aromatic rings. The fraction of sp³-hybridized carbons (Fsp3) is 0.0909. The van der Waals surface area contributed by atoms with E-state index in [1.165, 1.54) is 24.3 Å². The van der Waals surface area contributed by atoms with E-state index in [1.807, 2.05) is 0 Å². The molecule has 0 atom stereocenters. The fourth-order valence-corrected chi connectivity index (χ4v) is 3.07. The third-order valence-electron chi connectivity index (χ3n) is 2.38. The van der Waals surface area contributed by atoms with E-state index in [2.05, 4.69) is 0 Å². The minimum atomic E-state index is -4.74. The van der Waals surface area contributed by atoms with Gasteiger partial charge in [0.15, 0.2) is 0 Å². The number of hydrogen-bond acceptors (Lipinski definition) is 6. The van der Waals surface area contributed by atoms with Crippen LogP contribution in [0.4, 0.5) is 0 Å². The molecule has 0 aliphatic carbocycles. The van der Waals surface area contributed by atoms with Crippen molar-refractivity contribution in [2.75, 3.05) is 0 Å². The van der Waals surface area contributed by atoms with Crippen molar-refractivity contribution >= 4 is 31.0 Å². The molecule has 10 heteroatoms. The van der Waals surface area contributed by atoms with Gasteiger partial charge in [-0.05, 0) is 12.1 Å². The molecule has 0 saturated carbocycles. The first-order valence-corrected chi connectivity index (χ1v) is 7.46. The Hall–Kier alpha value is 0.520. The first-order chi connectivity index (χ1) is 8.21. The molecule has 0 aliphatic heterocycles. The van der Waals surface area contributed by atoms with E-state index in [4.69, 9.17) is 0 Å². The molecule has 0 amide bonds. The number of benzene rings is 2. The Labute approximate surface area is 168 Å². The van der Waals surface area contributed by atoms with Gasteiger partial charge in [0.05, 0.1) is 9.79 Å². The van der Waals surface area contributed by atoms with Crippen molar-refractivity contribution in [3.05, 3.63) is 36.4 Å². The van der Waals surface area contributed by atoms with Gasteiger partial charge in [0.25, 0.3) is 0 Å². The molecule has 0 spiro atoms. The average Bonchev–Trinajstić information content (AvgIpc) is 2.24. The molecule has 2 aromatic carbocycles. The molecule has 2 rings (SSSR count). The van der Waals surface area contributed by atoms with E-state index in [1.54, 1.807) is 0 Å². The maximum absolute atomic E-state index is 11.0. The third-order valence-corrected chi connectivity index (χ3v) is 4.17. The van der Waals surface area contributed by atoms with Gasteiger partial charge in [-0.15, -0.1) is 0 Å². The summed E-state index contributed by atoms with van der Waals surface area (Å²) in [4.78, 5) is -1.10. The van der Waals surface area contributed by atoms with Crippen molar-refractivity contribution < 1.29 is 85.1 Å². The Kier molecular flexibility index (Phi) is 9.51. The van der Waals surface area contributed by atoms with Crippen molar-refractivity contribution in [3.8, 4) is 0 Å². The Morgan fingerprint density at radius 3 is 1.19 bits per heavy atom. The summed E-state index contributed by atoms with van der Waals surface area (Å²) in [6.45, 7) is 0. The van der Waals surface area contributed by atoms with Crippen LogP contribution in [0, 0.1) is 0 Å². The molecule has 6 nitrogen and oxygen atoms in total. The van der Waals surface area contributed by atoms with Crippen LogP contribution in [0.25, 0.3) is 10.8 Å². The van der Waals surface area contributed by atoms with Crippen molar-refractivity contribution in [1.29, 1.82) is 0 Å². The summed E-state index contributed by atoms with van der Waals surface area (Å²) in [7, 11) is -9.48. The zero-order chi connectivity index (χ0) is 13.6. The summed E-state index contributed by atoms with van der Waals surface area (Å²) in [5.74, 6) is 0. The van der Waals surface area contributed by atoms with Crippen molar-refractivity contribution in [2.45, 2.75) is 17.2 Å². The number of hydrogen-bond donors (Lipinski definition) is 0. The van der Waals surface area contributed by atoms with Crippen molar-refractivity contribution in [3.63, 3.8) is 0 Å². The largest absolute Gasteiger partial charge is 1.00 e. The Bertz CT molecular complexity index is 760. The summed E-state index contributed by atoms with van der Waals surface area (Å²) in [5, 5.41) is -0.158. The van der Waals surface area contributed by atoms with Crippen molar-refractivity contribution in [1.82, 2.24) is 0 Å². The predicted molar refractivity (Wildman–Crippen MR) is 66.6 cm³/mol. The van der Waals surface area contributed by atoms with Gasteiger partial charge in [0.1, 0.15) is 20.2 Å². The van der Waals surface area contributed by atoms with Gasteiger partial charge < -0.3 is 9.11 Å². The van der Waals surface area contributed by atoms with Gasteiger partial charge >= 0.3 is 59.1 Å². The van der Waals surface area contributed by atoms with Gasteiger partial charge in [-0.2, -0.15) is 0 Å². The first-order valence-electron chi connectivity index (χ1n) is 4.65. The van der Waals surface area contributed by atoms with Gasteiger partial charge in [0.2, 0.25) is 0 Å². The second-order valence-corrected chi connectivity index (χ2v) is 6.21. The van der Waals surface area contributed by atoms with Gasteiger partial charge in [0, 0.05) is 10.8 Å². The minimum Gasteiger partial charge on any atom is -0.744 e. The molecule has 0 unspecified atom stereocenters. The normalized spacial score (nSPS) is 11.0. The molecule has 0 heterocycles. The monoisotopic (exact) mass is 348 g/mol. The summed E-state index contributed by atoms with van der Waals surface area (Å²) in [6.07, 6.45) is 0. The van der Waals surface area contributed by atoms with Crippen LogP contribution in [0.1, 0.15) is 7.43 Å². The zero-order valence-corrected chi connectivity index (χ0v) is 16.4. The van der Waals surface area contributed by atoms with Crippen LogP contribution in [0.3, 0.4) is 0 Å². The molecule has 0 N–H and O–H groups in total. The quantitative estimate of drug-likeness (QED) is 0.398. The summed E-state index contributed by atoms with van der Waals surface area (Å²) >= 11 is 0. The van der Waals surface area contributed by atoms with Crippen molar-refractivity contribution in [2.24, 2.45) is 0 Å². The molecule has 0 fully saturated rings. The molecule has 0 saturated heterocycles. The molecular weight excluding hydrogens is 338 g/mol. The number of fused-ring (bicyclic) bond motifs is 1. The van der Waals surface area contributed by atoms with Gasteiger partial charge in [-0.3, -0.25) is 0 Å². The Morgan fingerprint density at radius 1 is 0.667 bits per heavy atom. The standard InChI is InChI=1S/C10H8O6S2.CH4.2Na/c11-17(12,13)9-5-1-3-7-8(9)4-2-6-10(7)18(14,15)16;;;/h1-6H,(H,11,12,13)(H,14,15,16);1H4;;/q;;2*+1/p-2. The Balaban J connectivity index is 0. The molecule has 0 aliphatic rings. The van der Waals surface area contributed by atoms with Crippen LogP contribution in [0.2, 0.25) is 0 Å². The van der Waals surface area contributed by atoms with E-state index in [9.17, 15) is 25.9 Å². The van der Waals surface area contributed by atoms with E-state index < -0.39 is 30.0 Å². The maximum atomic E-state index is 11.0. The van der Waals surface area contributed by atoms with E-state index in [0.717, 1.165) is 12.1 Å². The van der Waals surface area contributed by atoms with E-state index >= 15 is 0 Å². The van der Waals surface area contributed by atoms with Crippen LogP contribution in [0.5, 0.6) is 0 Å². The van der Waals surface area contributed by atoms with E-state index in [-0.39, 0.29) is 77.3 Å². The van der Waals surface area contributed by atoms with Crippen LogP contribution in [-0.4, -0.2) is 25.9 Å². The molecule has 21 heavy (non-hydrogen) atoms. The Morgan fingerprint density at radius 2 is 0.952 bits per heavy atom. The van der Waals surface area contributed by atoms with E-state index in [0.29, 0.717) is 0 Å². The maximum Gasteiger partial charge on any atom is 1.00 e. The van der Waals surface area contributed by atoms with Crippen LogP contribution < -0.4 is 59.1 Å². The first kappa shape index (κ1) is 23.8. The SMILES string of the molecule is C.O=S(=O)([O-])c1cccc2c(S(=O)(=O)[O-])cccc12.[Na+].[Na+]. The van der Waals surface area contributed by atoms with Gasteiger partial charge in [-0.25, -0.2) is 16.8 Å². The summed E-state index contributed by atoms with van der Waals surface area (Å²) in [5.41, 5.74) is 0.